The van der Waals surface area contributed by atoms with Gasteiger partial charge in [-0.3, -0.25) is 4.79 Å². The van der Waals surface area contributed by atoms with Crippen molar-refractivity contribution in [3.8, 4) is 17.2 Å². The van der Waals surface area contributed by atoms with E-state index in [0.29, 0.717) is 42.7 Å². The molecule has 6 heteroatoms. The van der Waals surface area contributed by atoms with E-state index in [2.05, 4.69) is 35.1 Å². The second kappa shape index (κ2) is 12.2. The van der Waals surface area contributed by atoms with Gasteiger partial charge in [0, 0.05) is 17.3 Å². The molecular weight excluding hydrogens is 470 g/mol. The van der Waals surface area contributed by atoms with Crippen molar-refractivity contribution in [2.45, 2.75) is 20.3 Å². The van der Waals surface area contributed by atoms with E-state index in [1.807, 2.05) is 54.6 Å². The van der Waals surface area contributed by atoms with Gasteiger partial charge in [0.1, 0.15) is 30.5 Å². The fraction of sp³-hybridized carbons (Fsp3) is 0.269. The van der Waals surface area contributed by atoms with Crippen LogP contribution in [0.1, 0.15) is 30.6 Å². The normalized spacial score (nSPS) is 10.6. The van der Waals surface area contributed by atoms with Crippen LogP contribution in [-0.2, 0) is 0 Å². The van der Waals surface area contributed by atoms with Crippen LogP contribution in [0.25, 0.3) is 0 Å². The zero-order valence-electron chi connectivity index (χ0n) is 18.3. The van der Waals surface area contributed by atoms with E-state index in [4.69, 9.17) is 14.2 Å². The number of ether oxygens (including phenoxy) is 3. The van der Waals surface area contributed by atoms with Gasteiger partial charge in [0.15, 0.2) is 0 Å². The largest absolute Gasteiger partial charge is 0.492 e. The molecule has 168 valence electrons. The molecule has 0 aromatic heterocycles. The molecule has 0 aliphatic rings. The Morgan fingerprint density at radius 2 is 1.56 bits per heavy atom. The van der Waals surface area contributed by atoms with Crippen molar-refractivity contribution in [1.82, 2.24) is 0 Å². The highest BCUT2D eigenvalue weighted by atomic mass is 79.9. The Morgan fingerprint density at radius 1 is 0.844 bits per heavy atom. The van der Waals surface area contributed by atoms with Crippen LogP contribution < -0.4 is 19.5 Å². The van der Waals surface area contributed by atoms with Crippen molar-refractivity contribution >= 4 is 27.5 Å². The summed E-state index contributed by atoms with van der Waals surface area (Å²) in [6.07, 6.45) is 0.978. The molecule has 3 aromatic rings. The van der Waals surface area contributed by atoms with Gasteiger partial charge in [-0.1, -0.05) is 38.1 Å². The van der Waals surface area contributed by atoms with E-state index in [0.717, 1.165) is 22.4 Å². The monoisotopic (exact) mass is 497 g/mol. The summed E-state index contributed by atoms with van der Waals surface area (Å²) in [7, 11) is 0. The molecule has 0 radical (unpaired) electrons. The summed E-state index contributed by atoms with van der Waals surface area (Å²) in [5, 5.41) is 2.91. The summed E-state index contributed by atoms with van der Waals surface area (Å²) in [6.45, 7) is 5.79. The molecule has 0 heterocycles. The number of para-hydroxylation sites is 1. The molecule has 5 nitrogen and oxygen atoms in total. The Morgan fingerprint density at radius 3 is 2.28 bits per heavy atom. The maximum absolute atomic E-state index is 12.7. The molecule has 0 aliphatic heterocycles. The second-order valence-corrected chi connectivity index (χ2v) is 8.52. The van der Waals surface area contributed by atoms with Gasteiger partial charge in [0.05, 0.1) is 11.1 Å². The number of halogens is 1. The third-order valence-electron chi connectivity index (χ3n) is 4.60. The summed E-state index contributed by atoms with van der Waals surface area (Å²) >= 11 is 3.49. The lowest BCUT2D eigenvalue weighted by atomic mass is 10.1. The summed E-state index contributed by atoms with van der Waals surface area (Å²) < 4.78 is 17.9. The lowest BCUT2D eigenvalue weighted by Gasteiger charge is -2.12. The number of anilines is 1. The van der Waals surface area contributed by atoms with E-state index in [1.165, 1.54) is 0 Å². The first-order valence-corrected chi connectivity index (χ1v) is 11.4. The van der Waals surface area contributed by atoms with Gasteiger partial charge >= 0.3 is 0 Å². The van der Waals surface area contributed by atoms with Crippen LogP contribution in [0.15, 0.2) is 77.3 Å². The molecule has 0 bridgehead atoms. The molecule has 1 N–H and O–H groups in total. The van der Waals surface area contributed by atoms with Crippen LogP contribution >= 0.6 is 15.9 Å². The smallest absolute Gasteiger partial charge is 0.255 e. The summed E-state index contributed by atoms with van der Waals surface area (Å²) in [4.78, 5) is 12.7. The predicted octanol–water partition coefficient (Wildman–Crippen LogP) is 6.58. The first-order chi connectivity index (χ1) is 15.5. The van der Waals surface area contributed by atoms with E-state index < -0.39 is 0 Å². The third-order valence-corrected chi connectivity index (χ3v) is 5.22. The number of hydrogen-bond acceptors (Lipinski definition) is 4. The van der Waals surface area contributed by atoms with Gasteiger partial charge < -0.3 is 19.5 Å². The van der Waals surface area contributed by atoms with Crippen LogP contribution in [0.5, 0.6) is 17.2 Å². The zero-order chi connectivity index (χ0) is 22.8. The summed E-state index contributed by atoms with van der Waals surface area (Å²) in [5.74, 6) is 2.57. The van der Waals surface area contributed by atoms with Gasteiger partial charge in [-0.25, -0.2) is 0 Å². The number of rotatable bonds is 11. The SMILES string of the molecule is CC(C)CCOc1ccc(C(=O)Nc2cccc(OCCOc3ccccc3)c2)cc1Br. The summed E-state index contributed by atoms with van der Waals surface area (Å²) in [6, 6.07) is 22.2. The number of nitrogens with one attached hydrogen (secondary N) is 1. The highest BCUT2D eigenvalue weighted by molar-refractivity contribution is 9.10. The third kappa shape index (κ3) is 7.61. The standard InChI is InChI=1S/C26H28BrNO4/c1-19(2)13-14-32-25-12-11-20(17-24(25)27)26(29)28-21-7-6-10-23(18-21)31-16-15-30-22-8-4-3-5-9-22/h3-12,17-19H,13-16H2,1-2H3,(H,28,29). The van der Waals surface area contributed by atoms with Gasteiger partial charge in [0.25, 0.3) is 5.91 Å². The van der Waals surface area contributed by atoms with Crippen molar-refractivity contribution in [2.24, 2.45) is 5.92 Å². The molecule has 0 saturated heterocycles. The fourth-order valence-corrected chi connectivity index (χ4v) is 3.36. The van der Waals surface area contributed by atoms with Crippen LogP contribution in [0.2, 0.25) is 0 Å². The number of carbonyl (C=O) groups is 1. The maximum Gasteiger partial charge on any atom is 0.255 e. The van der Waals surface area contributed by atoms with Crippen molar-refractivity contribution in [1.29, 1.82) is 0 Å². The Labute approximate surface area is 197 Å². The van der Waals surface area contributed by atoms with E-state index in [9.17, 15) is 4.79 Å². The highest BCUT2D eigenvalue weighted by Crippen LogP contribution is 2.27. The van der Waals surface area contributed by atoms with E-state index >= 15 is 0 Å². The van der Waals surface area contributed by atoms with Crippen LogP contribution in [-0.4, -0.2) is 25.7 Å². The van der Waals surface area contributed by atoms with Gasteiger partial charge in [-0.2, -0.15) is 0 Å². The lowest BCUT2D eigenvalue weighted by Crippen LogP contribution is -2.13. The minimum atomic E-state index is -0.205. The molecule has 32 heavy (non-hydrogen) atoms. The summed E-state index contributed by atoms with van der Waals surface area (Å²) in [5.41, 5.74) is 1.19. The van der Waals surface area contributed by atoms with Crippen molar-refractivity contribution in [3.63, 3.8) is 0 Å². The molecule has 0 saturated carbocycles. The van der Waals surface area contributed by atoms with Gasteiger partial charge in [-0.05, 0) is 70.7 Å². The number of carbonyl (C=O) groups excluding carboxylic acids is 1. The molecule has 0 unspecified atom stereocenters. The lowest BCUT2D eigenvalue weighted by molar-refractivity contribution is 0.102. The average Bonchev–Trinajstić information content (AvgIpc) is 2.78. The highest BCUT2D eigenvalue weighted by Gasteiger charge is 2.10. The van der Waals surface area contributed by atoms with Gasteiger partial charge in [0.2, 0.25) is 0 Å². The Hall–Kier alpha value is -2.99. The number of amides is 1. The van der Waals surface area contributed by atoms with Crippen molar-refractivity contribution in [2.75, 3.05) is 25.1 Å². The van der Waals surface area contributed by atoms with E-state index in [1.54, 1.807) is 18.2 Å². The minimum absolute atomic E-state index is 0.205. The van der Waals surface area contributed by atoms with Crippen LogP contribution in [0.3, 0.4) is 0 Å². The molecule has 0 fully saturated rings. The Balaban J connectivity index is 1.51. The quantitative estimate of drug-likeness (QED) is 0.303. The first kappa shape index (κ1) is 23.7. The second-order valence-electron chi connectivity index (χ2n) is 7.67. The fourth-order valence-electron chi connectivity index (χ4n) is 2.87. The molecule has 0 aliphatic carbocycles. The first-order valence-electron chi connectivity index (χ1n) is 10.7. The molecule has 3 rings (SSSR count). The van der Waals surface area contributed by atoms with Crippen molar-refractivity contribution < 1.29 is 19.0 Å². The molecule has 0 spiro atoms. The minimum Gasteiger partial charge on any atom is -0.492 e. The molecule has 0 atom stereocenters. The molecular formula is C26H28BrNO4. The average molecular weight is 498 g/mol. The molecule has 1 amide bonds. The van der Waals surface area contributed by atoms with Gasteiger partial charge in [-0.15, -0.1) is 0 Å². The number of hydrogen-bond donors (Lipinski definition) is 1. The van der Waals surface area contributed by atoms with E-state index in [-0.39, 0.29) is 5.91 Å². The topological polar surface area (TPSA) is 56.8 Å². The number of benzene rings is 3. The zero-order valence-corrected chi connectivity index (χ0v) is 19.9. The molecule has 3 aromatic carbocycles. The maximum atomic E-state index is 12.7. The Bertz CT molecular complexity index is 1010. The Kier molecular flexibility index (Phi) is 8.99. The van der Waals surface area contributed by atoms with Crippen molar-refractivity contribution in [3.05, 3.63) is 82.8 Å². The van der Waals surface area contributed by atoms with Crippen LogP contribution in [0.4, 0.5) is 5.69 Å². The van der Waals surface area contributed by atoms with Crippen LogP contribution in [0, 0.1) is 5.92 Å². The predicted molar refractivity (Wildman–Crippen MR) is 131 cm³/mol.